The van der Waals surface area contributed by atoms with Gasteiger partial charge in [0.25, 0.3) is 0 Å². The Hall–Kier alpha value is -2.27. The second kappa shape index (κ2) is 5.85. The van der Waals surface area contributed by atoms with Crippen LogP contribution in [0.2, 0.25) is 0 Å². The minimum atomic E-state index is -0.635. The van der Waals surface area contributed by atoms with E-state index in [1.54, 1.807) is 6.92 Å². The van der Waals surface area contributed by atoms with Crippen molar-refractivity contribution in [3.8, 4) is 11.5 Å². The summed E-state index contributed by atoms with van der Waals surface area (Å²) in [6, 6.07) is 5.72. The van der Waals surface area contributed by atoms with E-state index in [0.29, 0.717) is 18.6 Å². The molecule has 0 spiro atoms. The highest BCUT2D eigenvalue weighted by Crippen LogP contribution is 2.38. The van der Waals surface area contributed by atoms with E-state index in [-0.39, 0.29) is 19.4 Å². The van der Waals surface area contributed by atoms with Crippen LogP contribution in [0.15, 0.2) is 42.0 Å². The van der Waals surface area contributed by atoms with Gasteiger partial charge in [0.2, 0.25) is 6.79 Å². The third-order valence-corrected chi connectivity index (χ3v) is 3.86. The van der Waals surface area contributed by atoms with Crippen LogP contribution in [0.25, 0.3) is 0 Å². The molecule has 1 aliphatic heterocycles. The van der Waals surface area contributed by atoms with Gasteiger partial charge in [0.05, 0.1) is 5.54 Å². The van der Waals surface area contributed by atoms with Gasteiger partial charge in [-0.1, -0.05) is 31.2 Å². The van der Waals surface area contributed by atoms with Crippen LogP contribution < -0.4 is 15.2 Å². The molecule has 1 heterocycles. The van der Waals surface area contributed by atoms with Crippen molar-refractivity contribution < 1.29 is 19.0 Å². The molecule has 1 aromatic carbocycles. The average molecular weight is 301 g/mol. The van der Waals surface area contributed by atoms with Crippen LogP contribution in [0.3, 0.4) is 0 Å². The van der Waals surface area contributed by atoms with E-state index in [1.807, 2.05) is 36.4 Å². The number of nitrogens with two attached hydrogens (primary N) is 1. The van der Waals surface area contributed by atoms with Crippen molar-refractivity contribution in [3.05, 3.63) is 47.6 Å². The lowest BCUT2D eigenvalue weighted by Crippen LogP contribution is -2.36. The maximum Gasteiger partial charge on any atom is 0.305 e. The highest BCUT2D eigenvalue weighted by molar-refractivity contribution is 5.69. The predicted molar refractivity (Wildman–Crippen MR) is 81.5 cm³/mol. The molecule has 0 radical (unpaired) electrons. The van der Waals surface area contributed by atoms with Gasteiger partial charge in [0.15, 0.2) is 11.5 Å². The molecule has 1 aliphatic carbocycles. The minimum Gasteiger partial charge on any atom is -0.461 e. The molecule has 1 atom stereocenters. The first-order valence-corrected chi connectivity index (χ1v) is 7.32. The van der Waals surface area contributed by atoms with Gasteiger partial charge in [0.1, 0.15) is 6.61 Å². The molecule has 0 aromatic heterocycles. The summed E-state index contributed by atoms with van der Waals surface area (Å²) in [4.78, 5) is 11.3. The van der Waals surface area contributed by atoms with Gasteiger partial charge in [-0.2, -0.15) is 0 Å². The van der Waals surface area contributed by atoms with Crippen LogP contribution in [-0.4, -0.2) is 19.4 Å². The Morgan fingerprint density at radius 2 is 2.18 bits per heavy atom. The zero-order chi connectivity index (χ0) is 15.6. The first-order chi connectivity index (χ1) is 10.6. The maximum atomic E-state index is 11.3. The van der Waals surface area contributed by atoms with Gasteiger partial charge >= 0.3 is 5.97 Å². The standard InChI is InChI=1S/C17H19NO4/c1-2-16(19)20-10-12-4-3-7-17(18,9-12)13-5-6-14-15(8-13)22-11-21-14/h3-8H,2,9-11,18H2,1H3. The topological polar surface area (TPSA) is 70.8 Å². The Labute approximate surface area is 129 Å². The Morgan fingerprint density at radius 3 is 3.00 bits per heavy atom. The molecular formula is C17H19NO4. The first kappa shape index (κ1) is 14.7. The predicted octanol–water partition coefficient (Wildman–Crippen LogP) is 2.41. The quantitative estimate of drug-likeness (QED) is 0.865. The summed E-state index contributed by atoms with van der Waals surface area (Å²) in [5.41, 5.74) is 7.84. The van der Waals surface area contributed by atoms with E-state index in [4.69, 9.17) is 19.9 Å². The van der Waals surface area contributed by atoms with Crippen molar-refractivity contribution in [1.82, 2.24) is 0 Å². The van der Waals surface area contributed by atoms with Gasteiger partial charge in [-0.05, 0) is 29.7 Å². The molecule has 1 aromatic rings. The molecule has 5 nitrogen and oxygen atoms in total. The van der Waals surface area contributed by atoms with Gasteiger partial charge in [-0.25, -0.2) is 0 Å². The van der Waals surface area contributed by atoms with Crippen molar-refractivity contribution in [1.29, 1.82) is 0 Å². The van der Waals surface area contributed by atoms with E-state index in [9.17, 15) is 4.79 Å². The molecule has 2 aliphatic rings. The molecule has 0 saturated heterocycles. The molecule has 0 amide bonds. The number of hydrogen-bond acceptors (Lipinski definition) is 5. The third-order valence-electron chi connectivity index (χ3n) is 3.86. The lowest BCUT2D eigenvalue weighted by atomic mass is 9.81. The first-order valence-electron chi connectivity index (χ1n) is 7.32. The van der Waals surface area contributed by atoms with Gasteiger partial charge in [-0.15, -0.1) is 0 Å². The number of ether oxygens (including phenoxy) is 3. The number of rotatable bonds is 4. The maximum absolute atomic E-state index is 11.3. The number of fused-ring (bicyclic) bond motifs is 1. The second-order valence-electron chi connectivity index (χ2n) is 5.48. The van der Waals surface area contributed by atoms with Crippen LogP contribution in [0.5, 0.6) is 11.5 Å². The largest absolute Gasteiger partial charge is 0.461 e. The molecule has 22 heavy (non-hydrogen) atoms. The smallest absolute Gasteiger partial charge is 0.305 e. The highest BCUT2D eigenvalue weighted by Gasteiger charge is 2.29. The minimum absolute atomic E-state index is 0.207. The van der Waals surface area contributed by atoms with E-state index in [2.05, 4.69) is 0 Å². The fraction of sp³-hybridized carbons (Fsp3) is 0.353. The summed E-state index contributed by atoms with van der Waals surface area (Å²) in [5.74, 6) is 1.24. The second-order valence-corrected chi connectivity index (χ2v) is 5.48. The van der Waals surface area contributed by atoms with Gasteiger partial charge < -0.3 is 19.9 Å². The van der Waals surface area contributed by atoms with Gasteiger partial charge in [-0.3, -0.25) is 4.79 Å². The zero-order valence-corrected chi connectivity index (χ0v) is 12.5. The summed E-state index contributed by atoms with van der Waals surface area (Å²) < 4.78 is 15.9. The normalized spacial score (nSPS) is 22.4. The molecule has 0 bridgehead atoms. The molecule has 2 N–H and O–H groups in total. The van der Waals surface area contributed by atoms with Crippen molar-refractivity contribution in [2.24, 2.45) is 5.73 Å². The van der Waals surface area contributed by atoms with Gasteiger partial charge in [0, 0.05) is 6.42 Å². The lowest BCUT2D eigenvalue weighted by molar-refractivity contribution is -0.142. The molecule has 116 valence electrons. The summed E-state index contributed by atoms with van der Waals surface area (Å²) in [6.07, 6.45) is 6.78. The van der Waals surface area contributed by atoms with E-state index in [0.717, 1.165) is 16.9 Å². The van der Waals surface area contributed by atoms with Crippen molar-refractivity contribution in [3.63, 3.8) is 0 Å². The zero-order valence-electron chi connectivity index (χ0n) is 12.5. The van der Waals surface area contributed by atoms with Crippen LogP contribution in [0.4, 0.5) is 0 Å². The van der Waals surface area contributed by atoms with Crippen LogP contribution in [0, 0.1) is 0 Å². The fourth-order valence-corrected chi connectivity index (χ4v) is 2.61. The number of carbonyl (C=O) groups is 1. The Kier molecular flexibility index (Phi) is 3.90. The average Bonchev–Trinajstić information content (AvgIpc) is 3.00. The number of allylic oxidation sites excluding steroid dienone is 2. The molecule has 0 fully saturated rings. The van der Waals surface area contributed by atoms with Crippen LogP contribution in [-0.2, 0) is 15.1 Å². The third kappa shape index (κ3) is 2.85. The van der Waals surface area contributed by atoms with E-state index in [1.165, 1.54) is 0 Å². The Morgan fingerprint density at radius 1 is 1.36 bits per heavy atom. The van der Waals surface area contributed by atoms with E-state index < -0.39 is 5.54 Å². The molecule has 3 rings (SSSR count). The Balaban J connectivity index is 1.75. The molecule has 5 heteroatoms. The van der Waals surface area contributed by atoms with E-state index >= 15 is 0 Å². The van der Waals surface area contributed by atoms with Crippen molar-refractivity contribution in [2.75, 3.05) is 13.4 Å². The number of carbonyl (C=O) groups excluding carboxylic acids is 1. The Bertz CT molecular complexity index is 650. The summed E-state index contributed by atoms with van der Waals surface area (Å²) in [7, 11) is 0. The molecule has 1 unspecified atom stereocenters. The SMILES string of the molecule is CCC(=O)OCC1=CC=CC(N)(c2ccc3c(c2)OCO3)C1. The summed E-state index contributed by atoms with van der Waals surface area (Å²) in [5, 5.41) is 0. The van der Waals surface area contributed by atoms with Crippen molar-refractivity contribution in [2.45, 2.75) is 25.3 Å². The summed E-state index contributed by atoms with van der Waals surface area (Å²) >= 11 is 0. The lowest BCUT2D eigenvalue weighted by Gasteiger charge is -2.30. The number of benzene rings is 1. The fourth-order valence-electron chi connectivity index (χ4n) is 2.61. The van der Waals surface area contributed by atoms with Crippen LogP contribution >= 0.6 is 0 Å². The highest BCUT2D eigenvalue weighted by atomic mass is 16.7. The molecular weight excluding hydrogens is 282 g/mol. The van der Waals surface area contributed by atoms with Crippen LogP contribution in [0.1, 0.15) is 25.3 Å². The monoisotopic (exact) mass is 301 g/mol. The number of esters is 1. The number of hydrogen-bond donors (Lipinski definition) is 1. The molecule has 0 saturated carbocycles. The van der Waals surface area contributed by atoms with Crippen molar-refractivity contribution >= 4 is 5.97 Å². The summed E-state index contributed by atoms with van der Waals surface area (Å²) in [6.45, 7) is 2.29.